The summed E-state index contributed by atoms with van der Waals surface area (Å²) in [5, 5.41) is 1.17. The van der Waals surface area contributed by atoms with Crippen LogP contribution in [0.3, 0.4) is 0 Å². The Labute approximate surface area is 162 Å². The highest BCUT2D eigenvalue weighted by molar-refractivity contribution is 8.07. The van der Waals surface area contributed by atoms with E-state index in [1.165, 1.54) is 0 Å². The van der Waals surface area contributed by atoms with Gasteiger partial charge in [-0.1, -0.05) is 24.4 Å². The van der Waals surface area contributed by atoms with Gasteiger partial charge in [-0.05, 0) is 48.3 Å². The number of hydrogen-bond donors (Lipinski definition) is 0. The Morgan fingerprint density at radius 3 is 1.62 bits per heavy atom. The average molecular weight is 403 g/mol. The van der Waals surface area contributed by atoms with Crippen LogP contribution >= 0.6 is 48.0 Å². The number of nitrogens with zero attached hydrogens (tertiary/aromatic N) is 2. The minimum absolute atomic E-state index is 0.522. The van der Waals surface area contributed by atoms with E-state index >= 15 is 0 Å². The van der Waals surface area contributed by atoms with E-state index in [1.807, 2.05) is 23.5 Å². The van der Waals surface area contributed by atoms with Gasteiger partial charge in [0, 0.05) is 22.0 Å². The zero-order chi connectivity index (χ0) is 17.6. The van der Waals surface area contributed by atoms with E-state index in [9.17, 15) is 9.59 Å². The molecule has 1 fully saturated rings. The van der Waals surface area contributed by atoms with Crippen LogP contribution in [0.4, 0.5) is 0 Å². The molecule has 132 valence electrons. The second-order valence-corrected chi connectivity index (χ2v) is 9.37. The van der Waals surface area contributed by atoms with Crippen molar-refractivity contribution < 1.29 is 9.59 Å². The van der Waals surface area contributed by atoms with Gasteiger partial charge in [-0.15, -0.1) is 0 Å². The predicted octanol–water partition coefficient (Wildman–Crippen LogP) is 3.96. The molecular weight excluding hydrogens is 380 g/mol. The lowest BCUT2D eigenvalue weighted by atomic mass is 10.1. The van der Waals surface area contributed by atoms with Gasteiger partial charge in [0.15, 0.2) is 0 Å². The first-order valence-electron chi connectivity index (χ1n) is 7.99. The molecule has 0 amide bonds. The number of carbonyl (C=O) groups excluding carboxylic acids is 2. The van der Waals surface area contributed by atoms with Gasteiger partial charge >= 0.3 is 0 Å². The summed E-state index contributed by atoms with van der Waals surface area (Å²) in [7, 11) is 0. The van der Waals surface area contributed by atoms with Crippen molar-refractivity contribution in [1.82, 2.24) is 0 Å². The van der Waals surface area contributed by atoms with Crippen molar-refractivity contribution in [2.45, 2.75) is 49.0 Å². The normalized spacial score (nSPS) is 19.8. The topological polar surface area (TPSA) is 58.9 Å². The quantitative estimate of drug-likeness (QED) is 0.213. The van der Waals surface area contributed by atoms with Crippen molar-refractivity contribution in [3.05, 3.63) is 0 Å². The number of thioether (sulfide) groups is 2. The number of thiocarbonyl (C=S) groups is 2. The third-order valence-electron chi connectivity index (χ3n) is 3.53. The lowest BCUT2D eigenvalue weighted by Gasteiger charge is -2.28. The van der Waals surface area contributed by atoms with Crippen molar-refractivity contribution in [2.24, 2.45) is 9.98 Å². The summed E-state index contributed by atoms with van der Waals surface area (Å²) in [5.74, 6) is 2.22. The lowest BCUT2D eigenvalue weighted by molar-refractivity contribution is 0.561. The third kappa shape index (κ3) is 10.5. The van der Waals surface area contributed by atoms with Crippen LogP contribution in [0.2, 0.25) is 0 Å². The third-order valence-corrected chi connectivity index (χ3v) is 7.49. The van der Waals surface area contributed by atoms with Crippen molar-refractivity contribution in [1.29, 1.82) is 0 Å². The average Bonchev–Trinajstić information content (AvgIpc) is 2.57. The molecule has 1 aliphatic heterocycles. The van der Waals surface area contributed by atoms with Gasteiger partial charge in [-0.25, -0.2) is 19.6 Å². The molecule has 0 bridgehead atoms. The first-order valence-corrected chi connectivity index (χ1v) is 10.9. The zero-order valence-corrected chi connectivity index (χ0v) is 16.8. The Balaban J connectivity index is 2.14. The van der Waals surface area contributed by atoms with Crippen molar-refractivity contribution in [3.8, 4) is 0 Å². The van der Waals surface area contributed by atoms with Crippen LogP contribution in [-0.4, -0.2) is 57.0 Å². The standard InChI is InChI=1S/C16H22N2O2S4/c19-11-17-5-1-3-13(21)7-15-9-24-16(10-23-15)8-14(22)4-2-6-18-12-20/h15-16H,1-10H2. The summed E-state index contributed by atoms with van der Waals surface area (Å²) >= 11 is 14.9. The minimum Gasteiger partial charge on any atom is -0.211 e. The lowest BCUT2D eigenvalue weighted by Crippen LogP contribution is -2.25. The molecule has 1 rings (SSSR count). The van der Waals surface area contributed by atoms with E-state index in [4.69, 9.17) is 24.4 Å². The number of rotatable bonds is 12. The van der Waals surface area contributed by atoms with Crippen molar-refractivity contribution in [2.75, 3.05) is 24.6 Å². The van der Waals surface area contributed by atoms with E-state index in [1.54, 1.807) is 12.2 Å². The molecule has 0 saturated carbocycles. The SMILES string of the molecule is O=C=NCCCC(=S)CC1CSC(CC(=S)CCCN=C=O)CS1. The van der Waals surface area contributed by atoms with Crippen LogP contribution in [0.5, 0.6) is 0 Å². The molecule has 1 heterocycles. The summed E-state index contributed by atoms with van der Waals surface area (Å²) in [4.78, 5) is 29.3. The summed E-state index contributed by atoms with van der Waals surface area (Å²) < 4.78 is 0. The number of aliphatic imine (C=N–C) groups is 2. The monoisotopic (exact) mass is 402 g/mol. The molecule has 0 radical (unpaired) electrons. The van der Waals surface area contributed by atoms with Crippen LogP contribution in [0, 0.1) is 0 Å². The molecule has 1 aliphatic rings. The van der Waals surface area contributed by atoms with Gasteiger partial charge in [0.2, 0.25) is 12.2 Å². The number of isocyanates is 2. The van der Waals surface area contributed by atoms with Gasteiger partial charge in [0.05, 0.1) is 13.1 Å². The zero-order valence-electron chi connectivity index (χ0n) is 13.6. The first-order chi connectivity index (χ1) is 11.7. The molecule has 8 heteroatoms. The fourth-order valence-electron chi connectivity index (χ4n) is 2.33. The van der Waals surface area contributed by atoms with E-state index in [0.717, 1.165) is 59.8 Å². The summed E-state index contributed by atoms with van der Waals surface area (Å²) in [6.45, 7) is 1.04. The van der Waals surface area contributed by atoms with Crippen LogP contribution in [0.25, 0.3) is 0 Å². The first kappa shape index (κ1) is 21.7. The fourth-order valence-corrected chi connectivity index (χ4v) is 6.32. The highest BCUT2D eigenvalue weighted by Crippen LogP contribution is 2.34. The Kier molecular flexibility index (Phi) is 12.5. The maximum atomic E-state index is 10.0. The molecule has 0 N–H and O–H groups in total. The molecule has 0 aromatic carbocycles. The highest BCUT2D eigenvalue weighted by Gasteiger charge is 2.23. The van der Waals surface area contributed by atoms with Gasteiger partial charge in [-0.3, -0.25) is 0 Å². The molecule has 1 saturated heterocycles. The van der Waals surface area contributed by atoms with E-state index in [0.29, 0.717) is 23.6 Å². The van der Waals surface area contributed by atoms with Gasteiger partial charge in [-0.2, -0.15) is 23.5 Å². The molecule has 4 nitrogen and oxygen atoms in total. The van der Waals surface area contributed by atoms with Crippen molar-refractivity contribution in [3.63, 3.8) is 0 Å². The summed E-state index contributed by atoms with van der Waals surface area (Å²) in [5.41, 5.74) is 0. The van der Waals surface area contributed by atoms with Gasteiger partial charge in [0.1, 0.15) is 0 Å². The second kappa shape index (κ2) is 13.9. The van der Waals surface area contributed by atoms with Crippen LogP contribution in [0.1, 0.15) is 38.5 Å². The molecule has 0 aromatic heterocycles. The Morgan fingerprint density at radius 2 is 1.29 bits per heavy atom. The molecule has 0 spiro atoms. The maximum Gasteiger partial charge on any atom is 0.234 e. The molecule has 2 atom stereocenters. The predicted molar refractivity (Wildman–Crippen MR) is 111 cm³/mol. The van der Waals surface area contributed by atoms with E-state index in [-0.39, 0.29) is 0 Å². The minimum atomic E-state index is 0.522. The molecule has 0 aliphatic carbocycles. The molecule has 24 heavy (non-hydrogen) atoms. The summed E-state index contributed by atoms with van der Waals surface area (Å²) in [6, 6.07) is 0. The van der Waals surface area contributed by atoms with Gasteiger partial charge in [0.25, 0.3) is 0 Å². The van der Waals surface area contributed by atoms with E-state index < -0.39 is 0 Å². The molecule has 2 unspecified atom stereocenters. The fraction of sp³-hybridized carbons (Fsp3) is 0.750. The summed E-state index contributed by atoms with van der Waals surface area (Å²) in [6.07, 6.45) is 8.44. The maximum absolute atomic E-state index is 10.0. The molecule has 0 aromatic rings. The number of hydrogen-bond acceptors (Lipinski definition) is 8. The Hall–Kier alpha value is -0.360. The van der Waals surface area contributed by atoms with Crippen LogP contribution < -0.4 is 0 Å². The smallest absolute Gasteiger partial charge is 0.211 e. The molecular formula is C16H22N2O2S4. The largest absolute Gasteiger partial charge is 0.234 e. The van der Waals surface area contributed by atoms with Crippen LogP contribution in [-0.2, 0) is 9.59 Å². The Bertz CT molecular complexity index is 460. The van der Waals surface area contributed by atoms with E-state index in [2.05, 4.69) is 9.98 Å². The van der Waals surface area contributed by atoms with Crippen molar-refractivity contribution >= 4 is 69.8 Å². The Morgan fingerprint density at radius 1 is 0.875 bits per heavy atom. The highest BCUT2D eigenvalue weighted by atomic mass is 32.2. The van der Waals surface area contributed by atoms with Gasteiger partial charge < -0.3 is 0 Å². The second-order valence-electron chi connectivity index (χ2n) is 5.55. The van der Waals surface area contributed by atoms with Crippen LogP contribution in [0.15, 0.2) is 9.98 Å².